The number of nitrogens with zero attached hydrogens (tertiary/aromatic N) is 1. The van der Waals surface area contributed by atoms with Crippen LogP contribution in [0.3, 0.4) is 0 Å². The summed E-state index contributed by atoms with van der Waals surface area (Å²) in [4.78, 5) is 24.5. The van der Waals surface area contributed by atoms with Gasteiger partial charge in [0.15, 0.2) is 0 Å². The van der Waals surface area contributed by atoms with E-state index in [4.69, 9.17) is 32.7 Å². The number of hydrogen-bond donors (Lipinski definition) is 1. The summed E-state index contributed by atoms with van der Waals surface area (Å²) in [6, 6.07) is 27.4. The molecule has 0 aromatic heterocycles. The lowest BCUT2D eigenvalue weighted by Crippen LogP contribution is -2.17. The summed E-state index contributed by atoms with van der Waals surface area (Å²) in [5.74, 6) is 0.149. The topological polar surface area (TPSA) is 77.0 Å². The van der Waals surface area contributed by atoms with Gasteiger partial charge in [-0.05, 0) is 90.0 Å². The molecule has 0 saturated carbocycles. The summed E-state index contributed by atoms with van der Waals surface area (Å²) in [7, 11) is 0. The van der Waals surface area contributed by atoms with Crippen LogP contribution in [0.5, 0.6) is 11.5 Å². The van der Waals surface area contributed by atoms with Gasteiger partial charge in [-0.2, -0.15) is 5.10 Å². The summed E-state index contributed by atoms with van der Waals surface area (Å²) < 4.78 is 11.1. The van der Waals surface area contributed by atoms with E-state index >= 15 is 0 Å². The van der Waals surface area contributed by atoms with E-state index in [0.29, 0.717) is 44.8 Å². The number of carbonyl (C=O) groups excluding carboxylic acids is 2. The van der Waals surface area contributed by atoms with Gasteiger partial charge in [0, 0.05) is 15.6 Å². The van der Waals surface area contributed by atoms with Crippen molar-refractivity contribution in [3.63, 3.8) is 0 Å². The summed E-state index contributed by atoms with van der Waals surface area (Å²) >= 11 is 11.8. The second-order valence-electron chi connectivity index (χ2n) is 7.61. The van der Waals surface area contributed by atoms with Crippen LogP contribution in [0.1, 0.15) is 31.8 Å². The second-order valence-corrected chi connectivity index (χ2v) is 8.48. The SMILES string of the molecule is O=C(N/N=C\c1ccc(OC(=O)c2cccc(Cl)c2)cc1)c1ccc(OCc2ccc(Cl)cc2)cc1. The van der Waals surface area contributed by atoms with Crippen molar-refractivity contribution in [3.05, 3.63) is 129 Å². The van der Waals surface area contributed by atoms with Gasteiger partial charge < -0.3 is 9.47 Å². The Kier molecular flexibility index (Phi) is 8.34. The maximum absolute atomic E-state index is 12.3. The maximum Gasteiger partial charge on any atom is 0.343 e. The largest absolute Gasteiger partial charge is 0.489 e. The summed E-state index contributed by atoms with van der Waals surface area (Å²) in [6.45, 7) is 0.394. The fraction of sp³-hybridized carbons (Fsp3) is 0.0357. The predicted octanol–water partition coefficient (Wildman–Crippen LogP) is 6.56. The average Bonchev–Trinajstić information content (AvgIpc) is 2.89. The molecule has 0 aliphatic rings. The molecule has 1 amide bonds. The molecular weight excluding hydrogens is 499 g/mol. The number of rotatable bonds is 8. The number of halogens is 2. The van der Waals surface area contributed by atoms with Gasteiger partial charge in [0.2, 0.25) is 0 Å². The first-order valence-electron chi connectivity index (χ1n) is 10.8. The van der Waals surface area contributed by atoms with Crippen molar-refractivity contribution in [2.24, 2.45) is 5.10 Å². The molecule has 0 aliphatic carbocycles. The molecule has 8 heteroatoms. The normalized spacial score (nSPS) is 10.7. The first kappa shape index (κ1) is 25.0. The van der Waals surface area contributed by atoms with Crippen LogP contribution in [0, 0.1) is 0 Å². The summed E-state index contributed by atoms with van der Waals surface area (Å²) in [6.07, 6.45) is 1.49. The number of ether oxygens (including phenoxy) is 2. The van der Waals surface area contributed by atoms with E-state index in [1.54, 1.807) is 78.9 Å². The molecule has 4 rings (SSSR count). The van der Waals surface area contributed by atoms with Gasteiger partial charge in [-0.1, -0.05) is 41.4 Å². The zero-order valence-corrected chi connectivity index (χ0v) is 20.4. The quantitative estimate of drug-likeness (QED) is 0.124. The van der Waals surface area contributed by atoms with Gasteiger partial charge in [-0.25, -0.2) is 10.2 Å². The smallest absolute Gasteiger partial charge is 0.343 e. The van der Waals surface area contributed by atoms with E-state index in [0.717, 1.165) is 5.56 Å². The second kappa shape index (κ2) is 12.0. The molecule has 0 atom stereocenters. The molecule has 4 aromatic carbocycles. The Bertz CT molecular complexity index is 1370. The number of benzene rings is 4. The number of nitrogens with one attached hydrogen (secondary N) is 1. The summed E-state index contributed by atoms with van der Waals surface area (Å²) in [5, 5.41) is 5.11. The van der Waals surface area contributed by atoms with Crippen molar-refractivity contribution >= 4 is 41.3 Å². The van der Waals surface area contributed by atoms with Crippen molar-refractivity contribution in [1.29, 1.82) is 0 Å². The molecule has 0 fully saturated rings. The number of amides is 1. The minimum absolute atomic E-state index is 0.358. The van der Waals surface area contributed by atoms with Gasteiger partial charge in [-0.3, -0.25) is 4.79 Å². The molecule has 0 bridgehead atoms. The Morgan fingerprint density at radius 2 is 1.47 bits per heavy atom. The highest BCUT2D eigenvalue weighted by Crippen LogP contribution is 2.17. The standard InChI is InChI=1S/C28H20Cl2N2O4/c29-23-10-4-20(5-11-23)18-35-25-14-8-21(9-15-25)27(33)32-31-17-19-6-12-26(13-7-19)36-28(34)22-2-1-3-24(30)16-22/h1-17H,18H2,(H,32,33)/b31-17-. The van der Waals surface area contributed by atoms with Gasteiger partial charge in [-0.15, -0.1) is 0 Å². The maximum atomic E-state index is 12.3. The summed E-state index contributed by atoms with van der Waals surface area (Å²) in [5.41, 5.74) is 4.98. The lowest BCUT2D eigenvalue weighted by molar-refractivity contribution is 0.0734. The third-order valence-electron chi connectivity index (χ3n) is 4.97. The Morgan fingerprint density at radius 3 is 2.17 bits per heavy atom. The van der Waals surface area contributed by atoms with Gasteiger partial charge in [0.05, 0.1) is 11.8 Å². The molecule has 0 radical (unpaired) electrons. The fourth-order valence-electron chi connectivity index (χ4n) is 3.08. The minimum Gasteiger partial charge on any atom is -0.489 e. The number of hydrogen-bond acceptors (Lipinski definition) is 5. The van der Waals surface area contributed by atoms with Crippen LogP contribution in [-0.2, 0) is 6.61 Å². The Hall–Kier alpha value is -4.13. The molecule has 0 saturated heterocycles. The third kappa shape index (κ3) is 7.18. The van der Waals surface area contributed by atoms with E-state index in [-0.39, 0.29) is 5.91 Å². The van der Waals surface area contributed by atoms with E-state index in [9.17, 15) is 9.59 Å². The van der Waals surface area contributed by atoms with Gasteiger partial charge in [0.25, 0.3) is 5.91 Å². The van der Waals surface area contributed by atoms with Crippen LogP contribution in [0.2, 0.25) is 10.0 Å². The molecule has 0 heterocycles. The Morgan fingerprint density at radius 1 is 0.778 bits per heavy atom. The molecular formula is C28H20Cl2N2O4. The average molecular weight is 519 g/mol. The minimum atomic E-state index is -0.507. The highest BCUT2D eigenvalue weighted by atomic mass is 35.5. The van der Waals surface area contributed by atoms with Crippen molar-refractivity contribution < 1.29 is 19.1 Å². The first-order valence-corrected chi connectivity index (χ1v) is 11.6. The molecule has 6 nitrogen and oxygen atoms in total. The van der Waals surface area contributed by atoms with Crippen LogP contribution in [0.4, 0.5) is 0 Å². The van der Waals surface area contributed by atoms with E-state index in [1.165, 1.54) is 12.3 Å². The zero-order chi connectivity index (χ0) is 25.3. The lowest BCUT2D eigenvalue weighted by Gasteiger charge is -2.07. The van der Waals surface area contributed by atoms with Crippen molar-refractivity contribution in [2.45, 2.75) is 6.61 Å². The Labute approximate surface area is 218 Å². The molecule has 4 aromatic rings. The number of hydrazone groups is 1. The van der Waals surface area contributed by atoms with E-state index < -0.39 is 5.97 Å². The van der Waals surface area contributed by atoms with E-state index in [1.807, 2.05) is 12.1 Å². The van der Waals surface area contributed by atoms with Crippen LogP contribution < -0.4 is 14.9 Å². The van der Waals surface area contributed by atoms with E-state index in [2.05, 4.69) is 10.5 Å². The molecule has 0 spiro atoms. The first-order chi connectivity index (χ1) is 17.5. The van der Waals surface area contributed by atoms with Gasteiger partial charge >= 0.3 is 5.97 Å². The van der Waals surface area contributed by atoms with Crippen molar-refractivity contribution in [1.82, 2.24) is 5.43 Å². The van der Waals surface area contributed by atoms with Crippen LogP contribution in [0.25, 0.3) is 0 Å². The van der Waals surface area contributed by atoms with Crippen LogP contribution in [-0.4, -0.2) is 18.1 Å². The number of carbonyl (C=O) groups is 2. The Balaban J connectivity index is 1.25. The zero-order valence-electron chi connectivity index (χ0n) is 18.9. The number of esters is 1. The highest BCUT2D eigenvalue weighted by Gasteiger charge is 2.09. The lowest BCUT2D eigenvalue weighted by atomic mass is 10.2. The molecule has 0 unspecified atom stereocenters. The molecule has 36 heavy (non-hydrogen) atoms. The fourth-order valence-corrected chi connectivity index (χ4v) is 3.40. The predicted molar refractivity (Wildman–Crippen MR) is 140 cm³/mol. The monoisotopic (exact) mass is 518 g/mol. The molecule has 1 N–H and O–H groups in total. The highest BCUT2D eigenvalue weighted by molar-refractivity contribution is 6.31. The van der Waals surface area contributed by atoms with Crippen LogP contribution >= 0.6 is 23.2 Å². The van der Waals surface area contributed by atoms with Crippen molar-refractivity contribution in [2.75, 3.05) is 0 Å². The van der Waals surface area contributed by atoms with Crippen LogP contribution in [0.15, 0.2) is 102 Å². The third-order valence-corrected chi connectivity index (χ3v) is 5.45. The molecule has 0 aliphatic heterocycles. The van der Waals surface area contributed by atoms with Crippen molar-refractivity contribution in [3.8, 4) is 11.5 Å². The molecule has 180 valence electrons. The van der Waals surface area contributed by atoms with Gasteiger partial charge in [0.1, 0.15) is 18.1 Å².